The summed E-state index contributed by atoms with van der Waals surface area (Å²) in [4.78, 5) is 38.8. The first-order valence-electron chi connectivity index (χ1n) is 16.8. The Bertz CT molecular complexity index is 1850. The standard InChI is InChI=1S/C36H49ClN8O7/c1-34(2,3)30-29(37)31-42-43-32(45(31)44-30)35(4,5)36(6,7)41-28(47)22-52-26-16-12-11-15-25(26)40-33(48)39-24-14-10-9-13-23(24)38-27(46)21-51-20-19-50-18-17-49-8/h9-16,44H,17-22H2,1-8H3,(H,38,46)(H,41,47)(H2,39,40,48). The Kier molecular flexibility index (Phi) is 13.3. The molecule has 4 rings (SSSR count). The van der Waals surface area contributed by atoms with Crippen molar-refractivity contribution < 1.29 is 33.3 Å². The normalized spacial score (nSPS) is 12.1. The first-order chi connectivity index (χ1) is 24.5. The Morgan fingerprint density at radius 3 is 2.04 bits per heavy atom. The average Bonchev–Trinajstić information content (AvgIpc) is 3.65. The monoisotopic (exact) mass is 740 g/mol. The Hall–Kier alpha value is -4.70. The number of nitrogens with zero attached hydrogens (tertiary/aromatic N) is 3. The minimum Gasteiger partial charge on any atom is -0.482 e. The largest absolute Gasteiger partial charge is 0.482 e. The lowest BCUT2D eigenvalue weighted by Gasteiger charge is -2.40. The zero-order valence-electron chi connectivity index (χ0n) is 30.9. The van der Waals surface area contributed by atoms with Crippen molar-refractivity contribution in [3.8, 4) is 5.75 Å². The lowest BCUT2D eigenvalue weighted by Crippen LogP contribution is -2.57. The zero-order chi connectivity index (χ0) is 38.1. The average molecular weight is 741 g/mol. The molecule has 0 fully saturated rings. The number of urea groups is 1. The Labute approximate surface area is 308 Å². The van der Waals surface area contributed by atoms with E-state index in [0.29, 0.717) is 53.4 Å². The summed E-state index contributed by atoms with van der Waals surface area (Å²) in [5, 5.41) is 23.9. The number of para-hydroxylation sites is 4. The van der Waals surface area contributed by atoms with Crippen molar-refractivity contribution in [2.24, 2.45) is 0 Å². The number of benzene rings is 2. The van der Waals surface area contributed by atoms with Gasteiger partial charge in [0.1, 0.15) is 17.4 Å². The molecule has 0 bridgehead atoms. The van der Waals surface area contributed by atoms with Crippen LogP contribution in [0.1, 0.15) is 60.0 Å². The van der Waals surface area contributed by atoms with Crippen LogP contribution in [0, 0.1) is 0 Å². The van der Waals surface area contributed by atoms with Crippen LogP contribution in [0.4, 0.5) is 21.9 Å². The molecule has 0 aliphatic carbocycles. The molecule has 0 saturated carbocycles. The first kappa shape index (κ1) is 40.1. The summed E-state index contributed by atoms with van der Waals surface area (Å²) in [7, 11) is 1.59. The third kappa shape index (κ3) is 10.00. The minimum atomic E-state index is -0.818. The number of anilines is 3. The molecular formula is C36H49ClN8O7. The molecule has 0 saturated heterocycles. The van der Waals surface area contributed by atoms with Gasteiger partial charge in [-0.1, -0.05) is 70.5 Å². The molecule has 16 heteroatoms. The van der Waals surface area contributed by atoms with Gasteiger partial charge in [-0.05, 0) is 38.1 Å². The fourth-order valence-electron chi connectivity index (χ4n) is 5.06. The van der Waals surface area contributed by atoms with Crippen LogP contribution in [0.5, 0.6) is 5.75 Å². The SMILES string of the molecule is COCCOCCOCC(=O)Nc1ccccc1NC(=O)Nc1ccccc1OCC(=O)NC(C)(C)C(C)(C)c1nnc2c(Cl)c(C(C)(C)C)[nH]n12. The van der Waals surface area contributed by atoms with Crippen LogP contribution in [-0.2, 0) is 34.6 Å². The summed E-state index contributed by atoms with van der Waals surface area (Å²) in [5.74, 6) is 0.101. The Morgan fingerprint density at radius 2 is 1.37 bits per heavy atom. The number of aromatic amines is 1. The first-order valence-corrected chi connectivity index (χ1v) is 17.2. The highest BCUT2D eigenvalue weighted by Gasteiger charge is 2.44. The van der Waals surface area contributed by atoms with Crippen LogP contribution in [0.15, 0.2) is 48.5 Å². The number of amides is 4. The van der Waals surface area contributed by atoms with Gasteiger partial charge in [-0.3, -0.25) is 14.7 Å². The van der Waals surface area contributed by atoms with Crippen molar-refractivity contribution in [1.29, 1.82) is 0 Å². The predicted octanol–water partition coefficient (Wildman–Crippen LogP) is 5.52. The molecule has 0 unspecified atom stereocenters. The molecule has 4 amide bonds. The summed E-state index contributed by atoms with van der Waals surface area (Å²) < 4.78 is 23.2. The van der Waals surface area contributed by atoms with Gasteiger partial charge in [0.2, 0.25) is 5.91 Å². The summed E-state index contributed by atoms with van der Waals surface area (Å²) >= 11 is 6.65. The van der Waals surface area contributed by atoms with Gasteiger partial charge in [0.15, 0.2) is 18.1 Å². The van der Waals surface area contributed by atoms with E-state index in [1.165, 1.54) is 0 Å². The molecule has 2 aromatic heterocycles. The molecule has 52 heavy (non-hydrogen) atoms. The second-order valence-corrected chi connectivity index (χ2v) is 14.5. The van der Waals surface area contributed by atoms with Crippen molar-refractivity contribution in [3.05, 3.63) is 65.1 Å². The second kappa shape index (κ2) is 17.2. The maximum atomic E-state index is 13.3. The van der Waals surface area contributed by atoms with Crippen molar-refractivity contribution in [1.82, 2.24) is 25.1 Å². The number of carbonyl (C=O) groups is 3. The van der Waals surface area contributed by atoms with Gasteiger partial charge in [0, 0.05) is 23.5 Å². The number of hydrogen-bond acceptors (Lipinski definition) is 9. The van der Waals surface area contributed by atoms with Crippen LogP contribution in [0.2, 0.25) is 5.02 Å². The molecule has 15 nitrogen and oxygen atoms in total. The molecule has 2 aromatic carbocycles. The van der Waals surface area contributed by atoms with Crippen LogP contribution in [0.25, 0.3) is 5.65 Å². The summed E-state index contributed by atoms with van der Waals surface area (Å²) in [6, 6.07) is 12.9. The number of ether oxygens (including phenoxy) is 4. The Balaban J connectivity index is 1.33. The highest BCUT2D eigenvalue weighted by atomic mass is 35.5. The minimum absolute atomic E-state index is 0.189. The van der Waals surface area contributed by atoms with E-state index in [9.17, 15) is 14.4 Å². The molecule has 0 aliphatic rings. The van der Waals surface area contributed by atoms with E-state index in [0.717, 1.165) is 5.69 Å². The molecule has 0 spiro atoms. The summed E-state index contributed by atoms with van der Waals surface area (Å²) in [6.07, 6.45) is 0. The lowest BCUT2D eigenvalue weighted by molar-refractivity contribution is -0.125. The van der Waals surface area contributed by atoms with E-state index in [2.05, 4.69) is 57.3 Å². The molecule has 0 atom stereocenters. The molecule has 5 N–H and O–H groups in total. The van der Waals surface area contributed by atoms with Gasteiger partial charge < -0.3 is 40.2 Å². The number of rotatable bonds is 17. The van der Waals surface area contributed by atoms with Gasteiger partial charge in [-0.2, -0.15) is 0 Å². The van der Waals surface area contributed by atoms with Crippen LogP contribution in [0.3, 0.4) is 0 Å². The quantitative estimate of drug-likeness (QED) is 0.0871. The molecule has 0 aliphatic heterocycles. The fourth-order valence-corrected chi connectivity index (χ4v) is 5.50. The number of methoxy groups -OCH3 is 1. The van der Waals surface area contributed by atoms with Crippen LogP contribution < -0.4 is 26.0 Å². The van der Waals surface area contributed by atoms with Crippen molar-refractivity contribution in [2.45, 2.75) is 64.8 Å². The number of aromatic nitrogens is 4. The molecule has 2 heterocycles. The van der Waals surface area contributed by atoms with Gasteiger partial charge in [0.25, 0.3) is 5.91 Å². The zero-order valence-corrected chi connectivity index (χ0v) is 31.7. The number of hydrogen-bond donors (Lipinski definition) is 5. The highest BCUT2D eigenvalue weighted by Crippen LogP contribution is 2.37. The van der Waals surface area contributed by atoms with E-state index >= 15 is 0 Å². The number of carbonyl (C=O) groups excluding carboxylic acids is 3. The lowest BCUT2D eigenvalue weighted by atomic mass is 9.73. The smallest absolute Gasteiger partial charge is 0.323 e. The van der Waals surface area contributed by atoms with Gasteiger partial charge in [0.05, 0.1) is 49.2 Å². The fraction of sp³-hybridized carbons (Fsp3) is 0.472. The molecule has 282 valence electrons. The number of fused-ring (bicyclic) bond motifs is 1. The number of H-pyrrole nitrogens is 1. The predicted molar refractivity (Wildman–Crippen MR) is 199 cm³/mol. The number of halogens is 1. The van der Waals surface area contributed by atoms with E-state index < -0.39 is 22.9 Å². The highest BCUT2D eigenvalue weighted by molar-refractivity contribution is 6.34. The third-order valence-electron chi connectivity index (χ3n) is 8.61. The summed E-state index contributed by atoms with van der Waals surface area (Å²) in [5.41, 5.74) is 0.647. The number of nitrogens with one attached hydrogen (secondary N) is 5. The Morgan fingerprint density at radius 1 is 0.769 bits per heavy atom. The molecule has 4 aromatic rings. The molecular weight excluding hydrogens is 692 g/mol. The maximum absolute atomic E-state index is 13.3. The van der Waals surface area contributed by atoms with E-state index in [4.69, 9.17) is 30.5 Å². The van der Waals surface area contributed by atoms with E-state index in [1.807, 2.05) is 27.7 Å². The third-order valence-corrected chi connectivity index (χ3v) is 8.96. The van der Waals surface area contributed by atoms with E-state index in [-0.39, 0.29) is 36.9 Å². The van der Waals surface area contributed by atoms with Crippen LogP contribution in [-0.4, -0.2) is 89.9 Å². The van der Waals surface area contributed by atoms with Gasteiger partial charge in [-0.25, -0.2) is 9.31 Å². The van der Waals surface area contributed by atoms with Crippen molar-refractivity contribution in [2.75, 3.05) is 62.7 Å². The van der Waals surface area contributed by atoms with Crippen molar-refractivity contribution >= 4 is 52.2 Å². The summed E-state index contributed by atoms with van der Waals surface area (Å²) in [6.45, 7) is 14.9. The van der Waals surface area contributed by atoms with E-state index in [1.54, 1.807) is 60.2 Å². The second-order valence-electron chi connectivity index (χ2n) is 14.1. The topological polar surface area (TPSA) is 182 Å². The maximum Gasteiger partial charge on any atom is 0.323 e. The molecule has 0 radical (unpaired) electrons. The van der Waals surface area contributed by atoms with Gasteiger partial charge in [-0.15, -0.1) is 10.2 Å². The van der Waals surface area contributed by atoms with Crippen molar-refractivity contribution in [3.63, 3.8) is 0 Å². The van der Waals surface area contributed by atoms with Crippen LogP contribution >= 0.6 is 11.6 Å². The van der Waals surface area contributed by atoms with Gasteiger partial charge >= 0.3 is 6.03 Å².